The summed E-state index contributed by atoms with van der Waals surface area (Å²) in [6, 6.07) is 13.5. The third-order valence-electron chi connectivity index (χ3n) is 4.17. The van der Waals surface area contributed by atoms with Gasteiger partial charge >= 0.3 is 0 Å². The van der Waals surface area contributed by atoms with E-state index in [4.69, 9.17) is 9.47 Å². The molecule has 1 unspecified atom stereocenters. The molecule has 2 rings (SSSR count). The van der Waals surface area contributed by atoms with Gasteiger partial charge in [0.2, 0.25) is 5.91 Å². The van der Waals surface area contributed by atoms with Crippen LogP contribution in [0.4, 0.5) is 4.39 Å². The van der Waals surface area contributed by atoms with Crippen LogP contribution in [0.15, 0.2) is 53.5 Å². The van der Waals surface area contributed by atoms with E-state index in [-0.39, 0.29) is 24.2 Å². The molecule has 0 saturated carbocycles. The van der Waals surface area contributed by atoms with Crippen molar-refractivity contribution in [2.75, 3.05) is 33.8 Å². The number of carbonyl (C=O) groups is 1. The van der Waals surface area contributed by atoms with Crippen molar-refractivity contribution in [3.8, 4) is 11.5 Å². The van der Waals surface area contributed by atoms with Crippen molar-refractivity contribution in [3.63, 3.8) is 0 Å². The van der Waals surface area contributed by atoms with Crippen LogP contribution >= 0.6 is 0 Å². The summed E-state index contributed by atoms with van der Waals surface area (Å²) >= 11 is 0. The Balaban J connectivity index is 1.66. The largest absolute Gasteiger partial charge is 0.493 e. The third-order valence-corrected chi connectivity index (χ3v) is 4.17. The van der Waals surface area contributed by atoms with E-state index in [1.807, 2.05) is 31.2 Å². The Morgan fingerprint density at radius 1 is 1.07 bits per heavy atom. The highest BCUT2D eigenvalue weighted by Gasteiger charge is 2.09. The Labute approximate surface area is 176 Å². The summed E-state index contributed by atoms with van der Waals surface area (Å²) in [7, 11) is 3.28. The molecule has 0 bridgehead atoms. The molecule has 2 aromatic rings. The van der Waals surface area contributed by atoms with E-state index in [1.165, 1.54) is 12.1 Å². The number of para-hydroxylation sites is 2. The number of halogens is 1. The zero-order valence-electron chi connectivity index (χ0n) is 17.6. The highest BCUT2D eigenvalue weighted by atomic mass is 19.1. The van der Waals surface area contributed by atoms with Gasteiger partial charge < -0.3 is 25.4 Å². The van der Waals surface area contributed by atoms with E-state index >= 15 is 0 Å². The molecule has 1 atom stereocenters. The average Bonchev–Trinajstić information content (AvgIpc) is 2.73. The Hall–Kier alpha value is -3.29. The molecule has 3 N–H and O–H groups in total. The molecule has 0 aromatic heterocycles. The van der Waals surface area contributed by atoms with Crippen molar-refractivity contribution in [2.45, 2.75) is 19.4 Å². The number of hydrogen-bond acceptors (Lipinski definition) is 4. The summed E-state index contributed by atoms with van der Waals surface area (Å²) in [5.41, 5.74) is 0.641. The SMILES string of the molecule is CN=C(NCCNC(=O)Cc1cccc(F)c1)NCC(C)Oc1ccccc1OC. The van der Waals surface area contributed by atoms with Gasteiger partial charge in [-0.2, -0.15) is 0 Å². The Kier molecular flexibility index (Phi) is 9.44. The number of amides is 1. The first-order chi connectivity index (χ1) is 14.5. The van der Waals surface area contributed by atoms with E-state index in [0.717, 1.165) is 0 Å². The number of nitrogens with one attached hydrogen (secondary N) is 3. The fourth-order valence-corrected chi connectivity index (χ4v) is 2.71. The number of guanidine groups is 1. The summed E-state index contributed by atoms with van der Waals surface area (Å²) in [5.74, 6) is 1.45. The summed E-state index contributed by atoms with van der Waals surface area (Å²) in [4.78, 5) is 16.1. The van der Waals surface area contributed by atoms with Crippen LogP contribution in [0, 0.1) is 5.82 Å². The molecule has 0 aliphatic heterocycles. The molecule has 1 amide bonds. The van der Waals surface area contributed by atoms with Crippen LogP contribution in [0.2, 0.25) is 0 Å². The summed E-state index contributed by atoms with van der Waals surface area (Å²) in [5, 5.41) is 9.10. The number of ether oxygens (including phenoxy) is 2. The second-order valence-corrected chi connectivity index (χ2v) is 6.62. The lowest BCUT2D eigenvalue weighted by Crippen LogP contribution is -2.44. The number of rotatable bonds is 10. The van der Waals surface area contributed by atoms with Gasteiger partial charge in [0.05, 0.1) is 20.1 Å². The van der Waals surface area contributed by atoms with Gasteiger partial charge in [-0.15, -0.1) is 0 Å². The Morgan fingerprint density at radius 2 is 1.80 bits per heavy atom. The molecule has 0 aliphatic rings. The molecule has 0 aliphatic carbocycles. The monoisotopic (exact) mass is 416 g/mol. The van der Waals surface area contributed by atoms with Crippen LogP contribution in [-0.4, -0.2) is 51.8 Å². The van der Waals surface area contributed by atoms with Crippen molar-refractivity contribution in [1.82, 2.24) is 16.0 Å². The standard InChI is InChI=1S/C22H29FN4O3/c1-16(30-20-10-5-4-9-19(20)29-3)15-27-22(24-2)26-12-11-25-21(28)14-17-7-6-8-18(23)13-17/h4-10,13,16H,11-12,14-15H2,1-3H3,(H,25,28)(H2,24,26,27). The van der Waals surface area contributed by atoms with Crippen LogP contribution in [0.3, 0.4) is 0 Å². The number of carbonyl (C=O) groups excluding carboxylic acids is 1. The number of hydrogen-bond donors (Lipinski definition) is 3. The van der Waals surface area contributed by atoms with E-state index in [9.17, 15) is 9.18 Å². The van der Waals surface area contributed by atoms with Crippen molar-refractivity contribution >= 4 is 11.9 Å². The molecule has 0 radical (unpaired) electrons. The van der Waals surface area contributed by atoms with Crippen LogP contribution in [0.5, 0.6) is 11.5 Å². The smallest absolute Gasteiger partial charge is 0.224 e. The minimum Gasteiger partial charge on any atom is -0.493 e. The number of nitrogens with zero attached hydrogens (tertiary/aromatic N) is 1. The molecule has 7 nitrogen and oxygen atoms in total. The lowest BCUT2D eigenvalue weighted by molar-refractivity contribution is -0.120. The van der Waals surface area contributed by atoms with Gasteiger partial charge in [0.15, 0.2) is 17.5 Å². The summed E-state index contributed by atoms with van der Waals surface area (Å²) < 4.78 is 24.4. The van der Waals surface area contributed by atoms with Crippen molar-refractivity contribution < 1.29 is 18.7 Å². The predicted molar refractivity (Wildman–Crippen MR) is 116 cm³/mol. The normalized spacial score (nSPS) is 12.1. The van der Waals surface area contributed by atoms with Crippen LogP contribution in [0.25, 0.3) is 0 Å². The topological polar surface area (TPSA) is 84.0 Å². The molecule has 2 aromatic carbocycles. The van der Waals surface area contributed by atoms with Crippen LogP contribution in [-0.2, 0) is 11.2 Å². The van der Waals surface area contributed by atoms with E-state index in [1.54, 1.807) is 26.3 Å². The number of methoxy groups -OCH3 is 1. The zero-order valence-corrected chi connectivity index (χ0v) is 17.6. The molecule has 0 fully saturated rings. The molecule has 162 valence electrons. The Bertz CT molecular complexity index is 845. The first-order valence-electron chi connectivity index (χ1n) is 9.77. The lowest BCUT2D eigenvalue weighted by atomic mass is 10.1. The number of aliphatic imine (C=N–C) groups is 1. The van der Waals surface area contributed by atoms with Gasteiger partial charge in [0.1, 0.15) is 11.9 Å². The average molecular weight is 416 g/mol. The highest BCUT2D eigenvalue weighted by Crippen LogP contribution is 2.26. The van der Waals surface area contributed by atoms with Crippen LogP contribution < -0.4 is 25.4 Å². The van der Waals surface area contributed by atoms with Crippen molar-refractivity contribution in [2.24, 2.45) is 4.99 Å². The van der Waals surface area contributed by atoms with Crippen molar-refractivity contribution in [3.05, 3.63) is 59.9 Å². The van der Waals surface area contributed by atoms with Crippen LogP contribution in [0.1, 0.15) is 12.5 Å². The lowest BCUT2D eigenvalue weighted by Gasteiger charge is -2.19. The zero-order chi connectivity index (χ0) is 21.8. The van der Waals surface area contributed by atoms with E-state index in [0.29, 0.717) is 42.7 Å². The molecule has 0 saturated heterocycles. The van der Waals surface area contributed by atoms with Gasteiger partial charge in [-0.25, -0.2) is 4.39 Å². The fourth-order valence-electron chi connectivity index (χ4n) is 2.71. The van der Waals surface area contributed by atoms with Crippen molar-refractivity contribution in [1.29, 1.82) is 0 Å². The fraction of sp³-hybridized carbons (Fsp3) is 0.364. The molecule has 0 spiro atoms. The highest BCUT2D eigenvalue weighted by molar-refractivity contribution is 5.80. The summed E-state index contributed by atoms with van der Waals surface area (Å²) in [6.07, 6.45) is 0.0218. The maximum Gasteiger partial charge on any atom is 0.224 e. The molecule has 30 heavy (non-hydrogen) atoms. The molecule has 8 heteroatoms. The third kappa shape index (κ3) is 7.98. The molecule has 0 heterocycles. The Morgan fingerprint density at radius 3 is 2.50 bits per heavy atom. The quantitative estimate of drug-likeness (QED) is 0.314. The first kappa shape index (κ1) is 23.0. The first-order valence-corrected chi connectivity index (χ1v) is 9.77. The maximum atomic E-state index is 13.2. The molecular formula is C22H29FN4O3. The van der Waals surface area contributed by atoms with Gasteiger partial charge in [-0.05, 0) is 36.8 Å². The van der Waals surface area contributed by atoms with Gasteiger partial charge in [0, 0.05) is 20.1 Å². The maximum absolute atomic E-state index is 13.2. The minimum atomic E-state index is -0.347. The van der Waals surface area contributed by atoms with E-state index in [2.05, 4.69) is 20.9 Å². The second-order valence-electron chi connectivity index (χ2n) is 6.62. The minimum absolute atomic E-state index is 0.120. The number of benzene rings is 2. The van der Waals surface area contributed by atoms with Gasteiger partial charge in [-0.1, -0.05) is 24.3 Å². The van der Waals surface area contributed by atoms with Gasteiger partial charge in [0.25, 0.3) is 0 Å². The van der Waals surface area contributed by atoms with Gasteiger partial charge in [-0.3, -0.25) is 9.79 Å². The second kappa shape index (κ2) is 12.3. The predicted octanol–water partition coefficient (Wildman–Crippen LogP) is 2.13. The van der Waals surface area contributed by atoms with E-state index < -0.39 is 0 Å². The summed E-state index contributed by atoms with van der Waals surface area (Å²) in [6.45, 7) is 3.39. The molecular weight excluding hydrogens is 387 g/mol.